The average Bonchev–Trinajstić information content (AvgIpc) is 2.69. The number of piperidine rings is 1. The van der Waals surface area contributed by atoms with Crippen LogP contribution in [0.5, 0.6) is 5.75 Å². The van der Waals surface area contributed by atoms with E-state index in [-0.39, 0.29) is 17.7 Å². The first-order valence-corrected chi connectivity index (χ1v) is 10.1. The highest BCUT2D eigenvalue weighted by Crippen LogP contribution is 2.17. The summed E-state index contributed by atoms with van der Waals surface area (Å²) in [5.41, 5.74) is 0.0431. The van der Waals surface area contributed by atoms with Crippen molar-refractivity contribution >= 4 is 17.7 Å². The summed E-state index contributed by atoms with van der Waals surface area (Å²) in [7, 11) is 0. The Morgan fingerprint density at radius 3 is 2.40 bits per heavy atom. The maximum Gasteiger partial charge on any atom is 0.410 e. The number of rotatable bonds is 6. The number of hydrogen-bond donors (Lipinski definition) is 2. The van der Waals surface area contributed by atoms with Crippen molar-refractivity contribution in [3.63, 3.8) is 0 Å². The van der Waals surface area contributed by atoms with Crippen molar-refractivity contribution in [2.75, 3.05) is 25.0 Å². The van der Waals surface area contributed by atoms with Crippen LogP contribution in [0.4, 0.5) is 10.5 Å². The van der Waals surface area contributed by atoms with Gasteiger partial charge in [-0.05, 0) is 64.8 Å². The zero-order valence-corrected chi connectivity index (χ0v) is 18.0. The fourth-order valence-electron chi connectivity index (χ4n) is 2.90. The van der Waals surface area contributed by atoms with Crippen molar-refractivity contribution in [3.05, 3.63) is 36.0 Å². The van der Waals surface area contributed by atoms with Crippen LogP contribution < -0.4 is 15.4 Å². The first-order valence-electron chi connectivity index (χ1n) is 10.1. The minimum atomic E-state index is -0.521. The molecule has 2 rings (SSSR count). The van der Waals surface area contributed by atoms with E-state index in [4.69, 9.17) is 9.47 Å². The highest BCUT2D eigenvalue weighted by Gasteiger charge is 2.26. The fourth-order valence-corrected chi connectivity index (χ4v) is 2.90. The normalized spacial score (nSPS) is 15.2. The average molecular weight is 415 g/mol. The van der Waals surface area contributed by atoms with E-state index in [0.29, 0.717) is 44.0 Å². The molecule has 0 saturated carbocycles. The molecule has 1 aromatic rings. The molecule has 2 amide bonds. The van der Waals surface area contributed by atoms with Crippen molar-refractivity contribution in [2.24, 2.45) is 0 Å². The van der Waals surface area contributed by atoms with Crippen molar-refractivity contribution < 1.29 is 19.1 Å². The molecule has 0 aliphatic carbocycles. The van der Waals surface area contributed by atoms with Crippen molar-refractivity contribution in [1.82, 2.24) is 10.2 Å². The zero-order valence-electron chi connectivity index (χ0n) is 18.0. The summed E-state index contributed by atoms with van der Waals surface area (Å²) < 4.78 is 10.8. The molecular weight excluding hydrogens is 384 g/mol. The van der Waals surface area contributed by atoms with Gasteiger partial charge in [0.1, 0.15) is 23.0 Å². The van der Waals surface area contributed by atoms with E-state index in [2.05, 4.69) is 10.6 Å². The molecule has 162 valence electrons. The largest absolute Gasteiger partial charge is 0.494 e. The number of carbonyl (C=O) groups is 2. The molecule has 0 bridgehead atoms. The molecule has 0 radical (unpaired) electrons. The Hall–Kier alpha value is -3.21. The van der Waals surface area contributed by atoms with Crippen LogP contribution >= 0.6 is 0 Å². The van der Waals surface area contributed by atoms with Gasteiger partial charge in [0.2, 0.25) is 0 Å². The second-order valence-electron chi connectivity index (χ2n) is 7.99. The second kappa shape index (κ2) is 10.5. The summed E-state index contributed by atoms with van der Waals surface area (Å²) in [5.74, 6) is 0.228. The molecule has 0 unspecified atom stereocenters. The number of amides is 2. The summed E-state index contributed by atoms with van der Waals surface area (Å²) in [6.07, 6.45) is 2.53. The van der Waals surface area contributed by atoms with Crippen LogP contribution in [0.15, 0.2) is 36.0 Å². The van der Waals surface area contributed by atoms with E-state index < -0.39 is 11.5 Å². The van der Waals surface area contributed by atoms with Gasteiger partial charge in [-0.3, -0.25) is 4.79 Å². The highest BCUT2D eigenvalue weighted by atomic mass is 16.6. The van der Waals surface area contributed by atoms with E-state index >= 15 is 0 Å². The minimum Gasteiger partial charge on any atom is -0.494 e. The number of hydrogen-bond acceptors (Lipinski definition) is 6. The number of nitriles is 1. The molecule has 1 aromatic carbocycles. The summed E-state index contributed by atoms with van der Waals surface area (Å²) in [6.45, 7) is 9.09. The predicted octanol–water partition coefficient (Wildman–Crippen LogP) is 3.42. The van der Waals surface area contributed by atoms with Gasteiger partial charge in [0.15, 0.2) is 0 Å². The third kappa shape index (κ3) is 7.32. The number of nitrogens with one attached hydrogen (secondary N) is 2. The highest BCUT2D eigenvalue weighted by molar-refractivity contribution is 6.06. The van der Waals surface area contributed by atoms with Gasteiger partial charge in [-0.25, -0.2) is 4.79 Å². The van der Waals surface area contributed by atoms with Crippen LogP contribution in [-0.2, 0) is 9.53 Å². The van der Waals surface area contributed by atoms with Crippen LogP contribution in [0.25, 0.3) is 0 Å². The van der Waals surface area contributed by atoms with Crippen molar-refractivity contribution in [2.45, 2.75) is 52.2 Å². The Balaban J connectivity index is 1.85. The molecule has 1 fully saturated rings. The van der Waals surface area contributed by atoms with E-state index in [1.165, 1.54) is 6.20 Å². The summed E-state index contributed by atoms with van der Waals surface area (Å²) >= 11 is 0. The number of benzene rings is 1. The van der Waals surface area contributed by atoms with Crippen molar-refractivity contribution in [1.29, 1.82) is 5.26 Å². The van der Waals surface area contributed by atoms with Gasteiger partial charge >= 0.3 is 6.09 Å². The van der Waals surface area contributed by atoms with Gasteiger partial charge < -0.3 is 25.0 Å². The Labute approximate surface area is 177 Å². The standard InChI is InChI=1S/C22H30N4O4/c1-5-29-19-8-6-18(7-9-19)25-20(27)16(14-23)15-24-17-10-12-26(13-11-17)21(28)30-22(2,3)4/h6-9,15,17,24H,5,10-13H2,1-4H3,(H,25,27)/b16-15-. The third-order valence-electron chi connectivity index (χ3n) is 4.40. The maximum atomic E-state index is 12.4. The number of ether oxygens (including phenoxy) is 2. The quantitative estimate of drug-likeness (QED) is 0.546. The smallest absolute Gasteiger partial charge is 0.410 e. The number of carbonyl (C=O) groups excluding carboxylic acids is 2. The molecule has 1 saturated heterocycles. The van der Waals surface area contributed by atoms with Gasteiger partial charge in [-0.15, -0.1) is 0 Å². The lowest BCUT2D eigenvalue weighted by Gasteiger charge is -2.33. The van der Waals surface area contributed by atoms with Gasteiger partial charge in [0, 0.05) is 31.0 Å². The van der Waals surface area contributed by atoms with Gasteiger partial charge in [0.05, 0.1) is 6.61 Å². The van der Waals surface area contributed by atoms with E-state index in [0.717, 1.165) is 0 Å². The monoisotopic (exact) mass is 414 g/mol. The number of nitrogens with zero attached hydrogens (tertiary/aromatic N) is 2. The van der Waals surface area contributed by atoms with Crippen LogP contribution in [0, 0.1) is 11.3 Å². The molecule has 30 heavy (non-hydrogen) atoms. The molecule has 0 aromatic heterocycles. The lowest BCUT2D eigenvalue weighted by molar-refractivity contribution is -0.112. The molecule has 8 heteroatoms. The fraction of sp³-hybridized carbons (Fsp3) is 0.500. The second-order valence-corrected chi connectivity index (χ2v) is 7.99. The van der Waals surface area contributed by atoms with Crippen LogP contribution in [0.3, 0.4) is 0 Å². The molecular formula is C22H30N4O4. The lowest BCUT2D eigenvalue weighted by atomic mass is 10.1. The Morgan fingerprint density at radius 1 is 1.23 bits per heavy atom. The lowest BCUT2D eigenvalue weighted by Crippen LogP contribution is -2.45. The maximum absolute atomic E-state index is 12.4. The topological polar surface area (TPSA) is 104 Å². The molecule has 1 heterocycles. The minimum absolute atomic E-state index is 0.0153. The van der Waals surface area contributed by atoms with Crippen LogP contribution in [-0.4, -0.2) is 48.2 Å². The van der Waals surface area contributed by atoms with Crippen molar-refractivity contribution in [3.8, 4) is 11.8 Å². The molecule has 1 aliphatic rings. The molecule has 0 atom stereocenters. The number of anilines is 1. The van der Waals surface area contributed by atoms with E-state index in [1.807, 2.05) is 33.8 Å². The van der Waals surface area contributed by atoms with Gasteiger partial charge in [0.25, 0.3) is 5.91 Å². The van der Waals surface area contributed by atoms with Crippen LogP contribution in [0.2, 0.25) is 0 Å². The number of likely N-dealkylation sites (tertiary alicyclic amines) is 1. The van der Waals surface area contributed by atoms with Crippen LogP contribution in [0.1, 0.15) is 40.5 Å². The van der Waals surface area contributed by atoms with E-state index in [1.54, 1.807) is 29.2 Å². The first kappa shape index (κ1) is 23.1. The van der Waals surface area contributed by atoms with E-state index in [9.17, 15) is 14.9 Å². The van der Waals surface area contributed by atoms with Gasteiger partial charge in [-0.2, -0.15) is 5.26 Å². The zero-order chi connectivity index (χ0) is 22.1. The summed E-state index contributed by atoms with van der Waals surface area (Å²) in [4.78, 5) is 26.2. The molecule has 2 N–H and O–H groups in total. The summed E-state index contributed by atoms with van der Waals surface area (Å²) in [6, 6.07) is 8.95. The molecule has 8 nitrogen and oxygen atoms in total. The predicted molar refractivity (Wildman–Crippen MR) is 114 cm³/mol. The molecule has 0 spiro atoms. The Kier molecular flexibility index (Phi) is 8.10. The third-order valence-corrected chi connectivity index (χ3v) is 4.40. The Morgan fingerprint density at radius 2 is 1.87 bits per heavy atom. The summed E-state index contributed by atoms with van der Waals surface area (Å²) in [5, 5.41) is 15.2. The SMILES string of the molecule is CCOc1ccc(NC(=O)/C(C#N)=C\NC2CCN(C(=O)OC(C)(C)C)CC2)cc1. The van der Waals surface area contributed by atoms with Gasteiger partial charge in [-0.1, -0.05) is 0 Å². The first-order chi connectivity index (χ1) is 14.2. The molecule has 1 aliphatic heterocycles. The Bertz CT molecular complexity index is 798.